The van der Waals surface area contributed by atoms with Gasteiger partial charge in [-0.25, -0.2) is 0 Å². The number of hydrogen-bond donors (Lipinski definition) is 0. The molecule has 6 nitrogen and oxygen atoms in total. The van der Waals surface area contributed by atoms with Gasteiger partial charge >= 0.3 is 5.97 Å². The van der Waals surface area contributed by atoms with E-state index in [0.29, 0.717) is 24.3 Å². The Balaban J connectivity index is 2.58. The number of ether oxygens (including phenoxy) is 3. The molecule has 1 unspecified atom stereocenters. The van der Waals surface area contributed by atoms with Crippen molar-refractivity contribution < 1.29 is 28.2 Å². The Bertz CT molecular complexity index is 658. The third kappa shape index (κ3) is 8.18. The Morgan fingerprint density at radius 3 is 2.07 bits per heavy atom. The van der Waals surface area contributed by atoms with Gasteiger partial charge in [0.2, 0.25) is 0 Å². The van der Waals surface area contributed by atoms with E-state index in [4.69, 9.17) is 18.6 Å². The van der Waals surface area contributed by atoms with Gasteiger partial charge in [0.25, 0.3) is 0 Å². The highest BCUT2D eigenvalue weighted by atomic mass is 28.4. The second kappa shape index (κ2) is 10.8. The molecule has 1 aromatic rings. The molecule has 29 heavy (non-hydrogen) atoms. The highest BCUT2D eigenvalue weighted by Gasteiger charge is 2.39. The summed E-state index contributed by atoms with van der Waals surface area (Å²) in [5.41, 5.74) is 0.755. The Hall–Kier alpha value is -1.86. The molecule has 164 valence electrons. The van der Waals surface area contributed by atoms with E-state index in [0.717, 1.165) is 11.8 Å². The normalized spacial score (nSPS) is 14.1. The SMILES string of the molecule is COc1cc(CC(=O)O[C@H](C)CCC(C=O)O[Si](C)(C)C(C)(C)C)cc(OC)c1. The number of hydrogen-bond acceptors (Lipinski definition) is 6. The van der Waals surface area contributed by atoms with Crippen LogP contribution in [-0.4, -0.2) is 47.0 Å². The first-order valence-corrected chi connectivity index (χ1v) is 12.9. The molecule has 0 aliphatic heterocycles. The van der Waals surface area contributed by atoms with Crippen LogP contribution in [0.4, 0.5) is 0 Å². The highest BCUT2D eigenvalue weighted by molar-refractivity contribution is 6.74. The van der Waals surface area contributed by atoms with Gasteiger partial charge in [-0.15, -0.1) is 0 Å². The van der Waals surface area contributed by atoms with Gasteiger partial charge in [-0.05, 0) is 55.6 Å². The summed E-state index contributed by atoms with van der Waals surface area (Å²) >= 11 is 0. The van der Waals surface area contributed by atoms with Gasteiger partial charge < -0.3 is 23.4 Å². The van der Waals surface area contributed by atoms with Crippen molar-refractivity contribution in [2.45, 2.75) is 77.3 Å². The summed E-state index contributed by atoms with van der Waals surface area (Å²) in [4.78, 5) is 23.8. The molecule has 0 aliphatic rings. The Morgan fingerprint density at radius 1 is 1.07 bits per heavy atom. The smallest absolute Gasteiger partial charge is 0.310 e. The van der Waals surface area contributed by atoms with Crippen molar-refractivity contribution in [3.05, 3.63) is 23.8 Å². The van der Waals surface area contributed by atoms with Gasteiger partial charge in [0.15, 0.2) is 8.32 Å². The van der Waals surface area contributed by atoms with Gasteiger partial charge in [0.1, 0.15) is 23.9 Å². The van der Waals surface area contributed by atoms with Gasteiger partial charge in [-0.2, -0.15) is 0 Å². The molecule has 0 aliphatic carbocycles. The maximum Gasteiger partial charge on any atom is 0.310 e. The van der Waals surface area contributed by atoms with E-state index in [-0.39, 0.29) is 23.5 Å². The molecule has 1 rings (SSSR count). The third-order valence-corrected chi connectivity index (χ3v) is 9.86. The second-order valence-electron chi connectivity index (χ2n) is 8.83. The van der Waals surface area contributed by atoms with E-state index >= 15 is 0 Å². The fraction of sp³-hybridized carbons (Fsp3) is 0.636. The summed E-state index contributed by atoms with van der Waals surface area (Å²) < 4.78 is 22.1. The number of aldehydes is 1. The molecule has 0 fully saturated rings. The van der Waals surface area contributed by atoms with Crippen molar-refractivity contribution >= 4 is 20.6 Å². The lowest BCUT2D eigenvalue weighted by molar-refractivity contribution is -0.147. The number of benzene rings is 1. The number of carbonyl (C=O) groups is 2. The summed E-state index contributed by atoms with van der Waals surface area (Å²) in [5.74, 6) is 0.911. The average molecular weight is 425 g/mol. The second-order valence-corrected chi connectivity index (χ2v) is 13.6. The predicted octanol–water partition coefficient (Wildman–Crippen LogP) is 4.55. The number of carbonyl (C=O) groups excluding carboxylic acids is 2. The maximum absolute atomic E-state index is 12.3. The van der Waals surface area contributed by atoms with Crippen LogP contribution in [0.2, 0.25) is 18.1 Å². The minimum absolute atomic E-state index is 0.0319. The zero-order valence-corrected chi connectivity index (χ0v) is 20.0. The van der Waals surface area contributed by atoms with Crippen LogP contribution in [0.5, 0.6) is 11.5 Å². The molecule has 0 aromatic heterocycles. The van der Waals surface area contributed by atoms with E-state index in [9.17, 15) is 9.59 Å². The summed E-state index contributed by atoms with van der Waals surface area (Å²) in [5, 5.41) is 0.0319. The number of esters is 1. The van der Waals surface area contributed by atoms with E-state index < -0.39 is 14.4 Å². The first-order chi connectivity index (χ1) is 13.4. The lowest BCUT2D eigenvalue weighted by atomic mass is 10.1. The molecule has 0 N–H and O–H groups in total. The zero-order valence-electron chi connectivity index (χ0n) is 19.0. The molecule has 0 bridgehead atoms. The van der Waals surface area contributed by atoms with Crippen LogP contribution in [-0.2, 0) is 25.2 Å². The van der Waals surface area contributed by atoms with E-state index in [2.05, 4.69) is 33.9 Å². The fourth-order valence-corrected chi connectivity index (χ4v) is 3.85. The molecule has 0 spiro atoms. The maximum atomic E-state index is 12.3. The van der Waals surface area contributed by atoms with Crippen molar-refractivity contribution in [2.75, 3.05) is 14.2 Å². The van der Waals surface area contributed by atoms with Crippen LogP contribution in [0, 0.1) is 0 Å². The van der Waals surface area contributed by atoms with Crippen LogP contribution in [0.15, 0.2) is 18.2 Å². The molecule has 1 aromatic carbocycles. The first-order valence-electron chi connectivity index (χ1n) is 9.96. The van der Waals surface area contributed by atoms with Crippen LogP contribution in [0.1, 0.15) is 46.1 Å². The summed E-state index contributed by atoms with van der Waals surface area (Å²) in [7, 11) is 1.10. The molecule has 2 atom stereocenters. The van der Waals surface area contributed by atoms with E-state index in [1.54, 1.807) is 32.4 Å². The minimum Gasteiger partial charge on any atom is -0.497 e. The molecule has 0 heterocycles. The van der Waals surface area contributed by atoms with Crippen molar-refractivity contribution in [1.82, 2.24) is 0 Å². The highest BCUT2D eigenvalue weighted by Crippen LogP contribution is 2.37. The average Bonchev–Trinajstić information content (AvgIpc) is 2.63. The standard InChI is InChI=1S/C22H36O6Si/c1-16(9-10-18(15-23)28-29(7,8)22(2,3)4)27-21(24)13-17-11-19(25-5)14-20(12-17)26-6/h11-12,14-16,18H,9-10,13H2,1-8H3/t16-,18?/m1/s1. The van der Waals surface area contributed by atoms with Crippen molar-refractivity contribution in [3.63, 3.8) is 0 Å². The van der Waals surface area contributed by atoms with Crippen LogP contribution >= 0.6 is 0 Å². The molecule has 0 radical (unpaired) electrons. The van der Waals surface area contributed by atoms with E-state index in [1.807, 2.05) is 6.92 Å². The molecule has 0 saturated carbocycles. The monoisotopic (exact) mass is 424 g/mol. The van der Waals surface area contributed by atoms with Crippen molar-refractivity contribution in [1.29, 1.82) is 0 Å². The third-order valence-electron chi connectivity index (χ3n) is 5.35. The van der Waals surface area contributed by atoms with E-state index in [1.165, 1.54) is 0 Å². The van der Waals surface area contributed by atoms with Gasteiger partial charge in [-0.1, -0.05) is 20.8 Å². The molecule has 0 amide bonds. The van der Waals surface area contributed by atoms with Crippen molar-refractivity contribution in [3.8, 4) is 11.5 Å². The zero-order chi connectivity index (χ0) is 22.2. The molecular weight excluding hydrogens is 388 g/mol. The lowest BCUT2D eigenvalue weighted by Gasteiger charge is -2.38. The topological polar surface area (TPSA) is 71.1 Å². The Kier molecular flexibility index (Phi) is 9.36. The first kappa shape index (κ1) is 25.2. The summed E-state index contributed by atoms with van der Waals surface area (Å²) in [6.07, 6.45) is 1.29. The summed E-state index contributed by atoms with van der Waals surface area (Å²) in [6, 6.07) is 5.31. The van der Waals surface area contributed by atoms with Gasteiger partial charge in [0, 0.05) is 6.07 Å². The van der Waals surface area contributed by atoms with Gasteiger partial charge in [0.05, 0.1) is 26.7 Å². The number of rotatable bonds is 11. The predicted molar refractivity (Wildman–Crippen MR) is 116 cm³/mol. The largest absolute Gasteiger partial charge is 0.497 e. The fourth-order valence-electron chi connectivity index (χ4n) is 2.57. The molecular formula is C22H36O6Si. The van der Waals surface area contributed by atoms with Crippen LogP contribution in [0.25, 0.3) is 0 Å². The minimum atomic E-state index is -2.02. The van der Waals surface area contributed by atoms with Crippen LogP contribution in [0.3, 0.4) is 0 Å². The molecule has 7 heteroatoms. The number of methoxy groups -OCH3 is 2. The Labute approximate surface area is 176 Å². The van der Waals surface area contributed by atoms with Crippen LogP contribution < -0.4 is 9.47 Å². The van der Waals surface area contributed by atoms with Crippen molar-refractivity contribution in [2.24, 2.45) is 0 Å². The lowest BCUT2D eigenvalue weighted by Crippen LogP contribution is -2.44. The molecule has 0 saturated heterocycles. The summed E-state index contributed by atoms with van der Waals surface area (Å²) in [6.45, 7) is 12.5. The van der Waals surface area contributed by atoms with Gasteiger partial charge in [-0.3, -0.25) is 4.79 Å². The quantitative estimate of drug-likeness (QED) is 0.295. The Morgan fingerprint density at radius 2 is 1.62 bits per heavy atom.